The molecule has 114 valence electrons. The van der Waals surface area contributed by atoms with Gasteiger partial charge in [0.25, 0.3) is 0 Å². The maximum absolute atomic E-state index is 12.8. The maximum atomic E-state index is 12.8. The first-order valence-corrected chi connectivity index (χ1v) is 7.29. The zero-order valence-corrected chi connectivity index (χ0v) is 11.9. The topological polar surface area (TPSA) is 25.2 Å². The van der Waals surface area contributed by atoms with Crippen molar-refractivity contribution in [2.24, 2.45) is 0 Å². The van der Waals surface area contributed by atoms with Gasteiger partial charge in [-0.25, -0.2) is 0 Å². The van der Waals surface area contributed by atoms with Crippen LogP contribution in [0.25, 0.3) is 11.0 Å². The Bertz CT molecular complexity index is 658. The van der Waals surface area contributed by atoms with Crippen LogP contribution in [0, 0.1) is 6.92 Å². The van der Waals surface area contributed by atoms with Crippen molar-refractivity contribution in [1.29, 1.82) is 0 Å². The number of hydrogen-bond acceptors (Lipinski definition) is 2. The Morgan fingerprint density at radius 1 is 1.10 bits per heavy atom. The summed E-state index contributed by atoms with van der Waals surface area (Å²) in [7, 11) is 0. The molecule has 2 heterocycles. The average molecular weight is 297 g/mol. The van der Waals surface area contributed by atoms with Crippen molar-refractivity contribution in [2.75, 3.05) is 13.1 Å². The fourth-order valence-corrected chi connectivity index (χ4v) is 3.07. The van der Waals surface area contributed by atoms with Crippen molar-refractivity contribution in [3.8, 4) is 0 Å². The van der Waals surface area contributed by atoms with Crippen LogP contribution >= 0.6 is 0 Å². The van der Waals surface area contributed by atoms with Crippen molar-refractivity contribution < 1.29 is 17.6 Å². The molecule has 2 aromatic rings. The summed E-state index contributed by atoms with van der Waals surface area (Å²) in [6, 6.07) is 3.00. The summed E-state index contributed by atoms with van der Waals surface area (Å²) in [6.07, 6.45) is -0.539. The second-order valence-corrected chi connectivity index (χ2v) is 5.62. The van der Waals surface area contributed by atoms with Crippen molar-refractivity contribution in [3.05, 3.63) is 34.6 Å². The number of nitrogens with one attached hydrogen (secondary N) is 1. The second-order valence-electron chi connectivity index (χ2n) is 5.62. The first-order chi connectivity index (χ1) is 9.97. The third kappa shape index (κ3) is 2.79. The molecule has 0 amide bonds. The largest absolute Gasteiger partial charge is 0.451 e. The normalized spacial score (nSPS) is 17.1. The molecule has 5 heteroatoms. The highest BCUT2D eigenvalue weighted by molar-refractivity contribution is 5.83. The van der Waals surface area contributed by atoms with Crippen LogP contribution in [0.5, 0.6) is 0 Å². The van der Waals surface area contributed by atoms with E-state index in [2.05, 4.69) is 5.32 Å². The highest BCUT2D eigenvalue weighted by Crippen LogP contribution is 2.37. The van der Waals surface area contributed by atoms with E-state index in [-0.39, 0.29) is 0 Å². The van der Waals surface area contributed by atoms with Gasteiger partial charge in [0.2, 0.25) is 5.76 Å². The summed E-state index contributed by atoms with van der Waals surface area (Å²) >= 11 is 0. The van der Waals surface area contributed by atoms with Gasteiger partial charge in [0, 0.05) is 5.39 Å². The molecule has 0 aliphatic carbocycles. The van der Waals surface area contributed by atoms with Crippen LogP contribution in [0.4, 0.5) is 13.2 Å². The Hall–Kier alpha value is -1.49. The molecular weight excluding hydrogens is 279 g/mol. The first kappa shape index (κ1) is 14.4. The zero-order chi connectivity index (χ0) is 15.0. The molecule has 0 spiro atoms. The second kappa shape index (κ2) is 5.37. The van der Waals surface area contributed by atoms with Crippen LogP contribution in [0.2, 0.25) is 0 Å². The minimum Gasteiger partial charge on any atom is -0.451 e. The van der Waals surface area contributed by atoms with E-state index in [1.807, 2.05) is 13.0 Å². The van der Waals surface area contributed by atoms with Gasteiger partial charge in [-0.05, 0) is 74.5 Å². The summed E-state index contributed by atoms with van der Waals surface area (Å²) in [5, 5.41) is 3.92. The molecule has 0 saturated heterocycles. The molecule has 21 heavy (non-hydrogen) atoms. The van der Waals surface area contributed by atoms with E-state index in [4.69, 9.17) is 4.42 Å². The summed E-state index contributed by atoms with van der Waals surface area (Å²) in [6.45, 7) is 3.72. The van der Waals surface area contributed by atoms with Gasteiger partial charge in [-0.1, -0.05) is 0 Å². The number of alkyl halides is 3. The molecule has 2 nitrogen and oxygen atoms in total. The summed E-state index contributed by atoms with van der Waals surface area (Å²) in [5.74, 6) is -0.908. The number of benzene rings is 1. The predicted molar refractivity (Wildman–Crippen MR) is 75.5 cm³/mol. The molecule has 1 aromatic heterocycles. The highest BCUT2D eigenvalue weighted by Gasteiger charge is 2.35. The Morgan fingerprint density at radius 2 is 1.90 bits per heavy atom. The Morgan fingerprint density at radius 3 is 2.67 bits per heavy atom. The van der Waals surface area contributed by atoms with Crippen molar-refractivity contribution >= 4 is 11.0 Å². The van der Waals surface area contributed by atoms with E-state index in [0.717, 1.165) is 56.0 Å². The lowest BCUT2D eigenvalue weighted by molar-refractivity contribution is -0.152. The lowest BCUT2D eigenvalue weighted by Crippen LogP contribution is -2.18. The van der Waals surface area contributed by atoms with E-state index in [1.54, 1.807) is 0 Å². The van der Waals surface area contributed by atoms with Crippen LogP contribution < -0.4 is 5.32 Å². The van der Waals surface area contributed by atoms with Gasteiger partial charge in [0.05, 0.1) is 0 Å². The molecule has 0 bridgehead atoms. The smallest absolute Gasteiger partial charge is 0.449 e. The predicted octanol–water partition coefficient (Wildman–Crippen LogP) is 4.23. The number of hydrogen-bond donors (Lipinski definition) is 1. The van der Waals surface area contributed by atoms with Crippen LogP contribution in [0.15, 0.2) is 16.5 Å². The van der Waals surface area contributed by atoms with E-state index in [1.165, 1.54) is 5.56 Å². The molecule has 0 saturated carbocycles. The molecule has 1 aliphatic heterocycles. The molecule has 1 aliphatic rings. The molecule has 0 unspecified atom stereocenters. The van der Waals surface area contributed by atoms with Crippen LogP contribution in [0.3, 0.4) is 0 Å². The fourth-order valence-electron chi connectivity index (χ4n) is 3.07. The number of aryl methyl sites for hydroxylation is 2. The van der Waals surface area contributed by atoms with E-state index >= 15 is 0 Å². The lowest BCUT2D eigenvalue weighted by atomic mass is 9.94. The van der Waals surface area contributed by atoms with Gasteiger partial charge in [0.15, 0.2) is 0 Å². The summed E-state index contributed by atoms with van der Waals surface area (Å²) in [5.41, 5.74) is 3.53. The van der Waals surface area contributed by atoms with Crippen molar-refractivity contribution in [2.45, 2.75) is 38.8 Å². The van der Waals surface area contributed by atoms with Crippen molar-refractivity contribution in [3.63, 3.8) is 0 Å². The number of halogens is 3. The average Bonchev–Trinajstić information content (AvgIpc) is 2.87. The minimum atomic E-state index is -4.43. The van der Waals surface area contributed by atoms with Crippen LogP contribution in [0.1, 0.15) is 35.3 Å². The third-order valence-electron chi connectivity index (χ3n) is 4.15. The molecular formula is C16H18F3NO. The molecule has 3 rings (SSSR count). The summed E-state index contributed by atoms with van der Waals surface area (Å²) in [4.78, 5) is 0. The monoisotopic (exact) mass is 297 g/mol. The Kier molecular flexibility index (Phi) is 3.69. The minimum absolute atomic E-state index is 0.375. The van der Waals surface area contributed by atoms with Gasteiger partial charge in [-0.2, -0.15) is 13.2 Å². The number of furan rings is 1. The summed E-state index contributed by atoms with van der Waals surface area (Å²) < 4.78 is 43.5. The van der Waals surface area contributed by atoms with Gasteiger partial charge < -0.3 is 9.73 Å². The highest BCUT2D eigenvalue weighted by atomic mass is 19.4. The van der Waals surface area contributed by atoms with Gasteiger partial charge in [0.1, 0.15) is 5.58 Å². The lowest BCUT2D eigenvalue weighted by Gasteiger charge is -2.12. The van der Waals surface area contributed by atoms with Gasteiger partial charge in [-0.15, -0.1) is 0 Å². The van der Waals surface area contributed by atoms with Crippen LogP contribution in [-0.4, -0.2) is 13.1 Å². The number of rotatable bonds is 0. The van der Waals surface area contributed by atoms with Gasteiger partial charge >= 0.3 is 6.18 Å². The fraction of sp³-hybridized carbons (Fsp3) is 0.500. The first-order valence-electron chi connectivity index (χ1n) is 7.29. The molecule has 0 fully saturated rings. The van der Waals surface area contributed by atoms with E-state index in [9.17, 15) is 13.2 Å². The van der Waals surface area contributed by atoms with Gasteiger partial charge in [-0.3, -0.25) is 0 Å². The SMILES string of the molecule is Cc1c2c(cc3cc(C(F)(F)F)oc13)CCCCNCC2. The molecule has 1 N–H and O–H groups in total. The number of fused-ring (bicyclic) bond motifs is 2. The standard InChI is InChI=1S/C16H18F3NO/c1-10-13-5-7-20-6-3-2-4-11(13)8-12-9-14(16(17,18)19)21-15(10)12/h8-9,20H,2-7H2,1H3. The molecule has 0 radical (unpaired) electrons. The quantitative estimate of drug-likeness (QED) is 0.787. The maximum Gasteiger partial charge on any atom is 0.449 e. The molecule has 0 atom stereocenters. The zero-order valence-electron chi connectivity index (χ0n) is 11.9. The Labute approximate surface area is 121 Å². The van der Waals surface area contributed by atoms with E-state index < -0.39 is 11.9 Å². The Balaban J connectivity index is 2.13. The van der Waals surface area contributed by atoms with E-state index in [0.29, 0.717) is 11.0 Å². The molecule has 1 aromatic carbocycles. The van der Waals surface area contributed by atoms with Crippen molar-refractivity contribution in [1.82, 2.24) is 5.32 Å². The van der Waals surface area contributed by atoms with Crippen LogP contribution in [-0.2, 0) is 19.0 Å². The third-order valence-corrected chi connectivity index (χ3v) is 4.15.